The van der Waals surface area contributed by atoms with Crippen molar-refractivity contribution in [3.63, 3.8) is 0 Å². The van der Waals surface area contributed by atoms with Crippen LogP contribution < -0.4 is 9.47 Å². The number of aromatic nitrogens is 1. The van der Waals surface area contributed by atoms with Crippen molar-refractivity contribution < 1.29 is 9.47 Å². The average molecular weight is 489 g/mol. The van der Waals surface area contributed by atoms with Gasteiger partial charge in [0.15, 0.2) is 11.5 Å². The Morgan fingerprint density at radius 2 is 1.67 bits per heavy atom. The van der Waals surface area contributed by atoms with Gasteiger partial charge in [0.05, 0.1) is 19.9 Å². The van der Waals surface area contributed by atoms with E-state index in [1.807, 2.05) is 6.07 Å². The summed E-state index contributed by atoms with van der Waals surface area (Å²) in [5.41, 5.74) is 7.06. The molecular formula is C32H44N2O2. The predicted molar refractivity (Wildman–Crippen MR) is 150 cm³/mol. The van der Waals surface area contributed by atoms with Crippen molar-refractivity contribution in [2.45, 2.75) is 78.2 Å². The molecule has 1 saturated carbocycles. The first kappa shape index (κ1) is 25.2. The highest BCUT2D eigenvalue weighted by Gasteiger charge is 2.45. The molecule has 1 aromatic heterocycles. The van der Waals surface area contributed by atoms with Gasteiger partial charge >= 0.3 is 0 Å². The van der Waals surface area contributed by atoms with Crippen molar-refractivity contribution in [3.8, 4) is 22.8 Å². The molecule has 1 N–H and O–H groups in total. The third-order valence-corrected chi connectivity index (χ3v) is 9.03. The lowest BCUT2D eigenvalue weighted by Crippen LogP contribution is -2.48. The highest BCUT2D eigenvalue weighted by Crippen LogP contribution is 2.54. The third-order valence-electron chi connectivity index (χ3n) is 9.03. The van der Waals surface area contributed by atoms with E-state index in [4.69, 9.17) is 9.47 Å². The van der Waals surface area contributed by atoms with Crippen molar-refractivity contribution >= 4 is 10.9 Å². The quantitative estimate of drug-likeness (QED) is 0.351. The minimum Gasteiger partial charge on any atom is -0.493 e. The Balaban J connectivity index is 1.30. The number of benzene rings is 2. The molecule has 4 heteroatoms. The van der Waals surface area contributed by atoms with E-state index in [9.17, 15) is 0 Å². The smallest absolute Gasteiger partial charge is 0.161 e. The van der Waals surface area contributed by atoms with Crippen LogP contribution in [-0.4, -0.2) is 43.2 Å². The minimum absolute atomic E-state index is 0.417. The summed E-state index contributed by atoms with van der Waals surface area (Å²) in [5, 5.41) is 1.36. The summed E-state index contributed by atoms with van der Waals surface area (Å²) in [5.74, 6) is 2.84. The van der Waals surface area contributed by atoms with Crippen molar-refractivity contribution in [2.24, 2.45) is 11.3 Å². The number of nitrogens with zero attached hydrogens (tertiary/aromatic N) is 1. The van der Waals surface area contributed by atoms with Gasteiger partial charge < -0.3 is 19.4 Å². The zero-order chi connectivity index (χ0) is 25.4. The molecule has 3 aromatic rings. The van der Waals surface area contributed by atoms with Gasteiger partial charge in [-0.15, -0.1) is 0 Å². The van der Waals surface area contributed by atoms with Gasteiger partial charge in [0.25, 0.3) is 0 Å². The molecule has 1 aliphatic heterocycles. The Bertz CT molecular complexity index is 1190. The van der Waals surface area contributed by atoms with Crippen LogP contribution in [0.5, 0.6) is 11.5 Å². The number of methoxy groups -OCH3 is 2. The Morgan fingerprint density at radius 1 is 0.944 bits per heavy atom. The first-order valence-electron chi connectivity index (χ1n) is 13.9. The lowest BCUT2D eigenvalue weighted by Gasteiger charge is -2.53. The fraction of sp³-hybridized carbons (Fsp3) is 0.562. The molecule has 2 aliphatic rings. The maximum absolute atomic E-state index is 5.58. The van der Waals surface area contributed by atoms with Crippen LogP contribution in [0.15, 0.2) is 36.4 Å². The third kappa shape index (κ3) is 4.77. The summed E-state index contributed by atoms with van der Waals surface area (Å²) < 4.78 is 11.0. The lowest BCUT2D eigenvalue weighted by atomic mass is 9.56. The minimum atomic E-state index is 0.417. The molecule has 2 aromatic carbocycles. The second-order valence-electron chi connectivity index (χ2n) is 12.0. The van der Waals surface area contributed by atoms with Gasteiger partial charge in [-0.1, -0.05) is 19.9 Å². The molecule has 0 unspecified atom stereocenters. The highest BCUT2D eigenvalue weighted by molar-refractivity contribution is 5.92. The zero-order valence-electron chi connectivity index (χ0n) is 23.1. The fourth-order valence-electron chi connectivity index (χ4n) is 6.90. The van der Waals surface area contributed by atoms with Gasteiger partial charge in [-0.25, -0.2) is 0 Å². The first-order chi connectivity index (χ1) is 17.3. The van der Waals surface area contributed by atoms with Crippen LogP contribution in [0.1, 0.15) is 76.8 Å². The largest absolute Gasteiger partial charge is 0.493 e. The Morgan fingerprint density at radius 3 is 2.31 bits per heavy atom. The molecule has 5 rings (SSSR count). The van der Waals surface area contributed by atoms with Gasteiger partial charge in [-0.2, -0.15) is 0 Å². The van der Waals surface area contributed by atoms with Crippen LogP contribution in [0.2, 0.25) is 0 Å². The summed E-state index contributed by atoms with van der Waals surface area (Å²) in [6.07, 6.45) is 8.23. The molecule has 0 radical (unpaired) electrons. The van der Waals surface area contributed by atoms with E-state index < -0.39 is 0 Å². The number of H-pyrrole nitrogens is 1. The van der Waals surface area contributed by atoms with E-state index in [2.05, 4.69) is 67.9 Å². The van der Waals surface area contributed by atoms with E-state index >= 15 is 0 Å². The van der Waals surface area contributed by atoms with Gasteiger partial charge in [-0.3, -0.25) is 0 Å². The standard InChI is InChI=1S/C32H44N2O2/c1-21(2)30-26-17-23(7-8-24-19-32(20-24)13-15-34(16-14-32)22(3)4)9-11-27(26)33-31(30)25-10-12-28(35-5)29(18-25)36-6/h9-12,17-18,21-22,24,33H,7-8,13-16,19-20H2,1-6H3. The van der Waals surface area contributed by atoms with Crippen molar-refractivity contribution in [1.82, 2.24) is 9.88 Å². The molecule has 2 fully saturated rings. The Hall–Kier alpha value is -2.46. The molecule has 194 valence electrons. The summed E-state index contributed by atoms with van der Waals surface area (Å²) in [7, 11) is 3.38. The van der Waals surface area contributed by atoms with Crippen LogP contribution in [0.3, 0.4) is 0 Å². The van der Waals surface area contributed by atoms with E-state index in [0.717, 1.165) is 23.0 Å². The summed E-state index contributed by atoms with van der Waals surface area (Å²) in [4.78, 5) is 6.37. The molecule has 1 saturated heterocycles. The normalized spacial score (nSPS) is 18.3. The van der Waals surface area contributed by atoms with Crippen LogP contribution in [0, 0.1) is 11.3 Å². The van der Waals surface area contributed by atoms with E-state index in [0.29, 0.717) is 17.4 Å². The van der Waals surface area contributed by atoms with Crippen LogP contribution in [-0.2, 0) is 6.42 Å². The number of nitrogens with one attached hydrogen (secondary N) is 1. The zero-order valence-corrected chi connectivity index (χ0v) is 23.1. The average Bonchev–Trinajstić information content (AvgIpc) is 3.25. The number of likely N-dealkylation sites (tertiary alicyclic amines) is 1. The number of hydrogen-bond donors (Lipinski definition) is 1. The van der Waals surface area contributed by atoms with E-state index in [1.54, 1.807) is 14.2 Å². The van der Waals surface area contributed by atoms with Crippen molar-refractivity contribution in [1.29, 1.82) is 0 Å². The highest BCUT2D eigenvalue weighted by atomic mass is 16.5. The van der Waals surface area contributed by atoms with Gasteiger partial charge in [0, 0.05) is 22.5 Å². The second-order valence-corrected chi connectivity index (χ2v) is 12.0. The van der Waals surface area contributed by atoms with E-state index in [-0.39, 0.29) is 0 Å². The SMILES string of the molecule is COc1ccc(-c2[nH]c3ccc(CCC4CC5(CCN(C(C)C)CC5)C4)cc3c2C(C)C)cc1OC. The second kappa shape index (κ2) is 10.1. The topological polar surface area (TPSA) is 37.5 Å². The maximum Gasteiger partial charge on any atom is 0.161 e. The summed E-state index contributed by atoms with van der Waals surface area (Å²) >= 11 is 0. The van der Waals surface area contributed by atoms with Crippen LogP contribution >= 0.6 is 0 Å². The van der Waals surface area contributed by atoms with Gasteiger partial charge in [0.1, 0.15) is 0 Å². The van der Waals surface area contributed by atoms with Gasteiger partial charge in [0.2, 0.25) is 0 Å². The number of aryl methyl sites for hydroxylation is 1. The number of ether oxygens (including phenoxy) is 2. The van der Waals surface area contributed by atoms with Crippen LogP contribution in [0.25, 0.3) is 22.2 Å². The maximum atomic E-state index is 5.58. The number of fused-ring (bicyclic) bond motifs is 1. The molecule has 36 heavy (non-hydrogen) atoms. The first-order valence-corrected chi connectivity index (χ1v) is 13.9. The van der Waals surface area contributed by atoms with Crippen molar-refractivity contribution in [3.05, 3.63) is 47.5 Å². The monoisotopic (exact) mass is 488 g/mol. The van der Waals surface area contributed by atoms with Gasteiger partial charge in [-0.05, 0) is 124 Å². The molecule has 4 nitrogen and oxygen atoms in total. The molecule has 1 spiro atoms. The molecular weight excluding hydrogens is 444 g/mol. The van der Waals surface area contributed by atoms with Crippen LogP contribution in [0.4, 0.5) is 0 Å². The summed E-state index contributed by atoms with van der Waals surface area (Å²) in [6, 6.07) is 13.9. The Labute approximate surface area is 217 Å². The number of piperidine rings is 1. The number of aromatic amines is 1. The molecule has 0 atom stereocenters. The summed E-state index contributed by atoms with van der Waals surface area (Å²) in [6.45, 7) is 11.9. The molecule has 0 bridgehead atoms. The van der Waals surface area contributed by atoms with Crippen molar-refractivity contribution in [2.75, 3.05) is 27.3 Å². The fourth-order valence-corrected chi connectivity index (χ4v) is 6.90. The molecule has 0 amide bonds. The lowest BCUT2D eigenvalue weighted by molar-refractivity contribution is -0.0229. The van der Waals surface area contributed by atoms with E-state index in [1.165, 1.54) is 79.3 Å². The number of hydrogen-bond acceptors (Lipinski definition) is 3. The Kier molecular flexibility index (Phi) is 7.09. The molecule has 1 aliphatic carbocycles. The number of rotatable bonds is 8. The predicted octanol–water partition coefficient (Wildman–Crippen LogP) is 7.81. The molecule has 2 heterocycles.